The largest absolute Gasteiger partial charge is 0.393 e. The normalized spacial score (nSPS) is 24.8. The predicted molar refractivity (Wildman–Crippen MR) is 94.8 cm³/mol. The molecule has 2 heterocycles. The van der Waals surface area contributed by atoms with Crippen molar-refractivity contribution < 1.29 is 9.90 Å². The molecule has 2 atom stereocenters. The first kappa shape index (κ1) is 17.4. The summed E-state index contributed by atoms with van der Waals surface area (Å²) in [5, 5.41) is 13.2. The lowest BCUT2D eigenvalue weighted by atomic mass is 9.99. The van der Waals surface area contributed by atoms with Crippen LogP contribution in [0.15, 0.2) is 24.3 Å². The van der Waals surface area contributed by atoms with Crippen LogP contribution in [0.1, 0.15) is 36.9 Å². The van der Waals surface area contributed by atoms with Crippen molar-refractivity contribution in [1.29, 1.82) is 0 Å². The first-order chi connectivity index (χ1) is 11.5. The Morgan fingerprint density at radius 2 is 1.88 bits per heavy atom. The minimum Gasteiger partial charge on any atom is -0.393 e. The molecule has 1 amide bonds. The predicted octanol–water partition coefficient (Wildman–Crippen LogP) is 1.31. The van der Waals surface area contributed by atoms with E-state index in [0.717, 1.165) is 25.2 Å². The fourth-order valence-electron chi connectivity index (χ4n) is 3.71. The molecule has 2 fully saturated rings. The third-order valence-electron chi connectivity index (χ3n) is 5.17. The monoisotopic (exact) mass is 331 g/mol. The van der Waals surface area contributed by atoms with Gasteiger partial charge in [0.1, 0.15) is 6.04 Å². The Kier molecular flexibility index (Phi) is 5.54. The maximum Gasteiger partial charge on any atom is 0.244 e. The number of amides is 1. The van der Waals surface area contributed by atoms with E-state index < -0.39 is 0 Å². The van der Waals surface area contributed by atoms with E-state index >= 15 is 0 Å². The van der Waals surface area contributed by atoms with Crippen LogP contribution in [0.5, 0.6) is 0 Å². The average molecular weight is 331 g/mol. The molecule has 2 aliphatic rings. The smallest absolute Gasteiger partial charge is 0.244 e. The van der Waals surface area contributed by atoms with Crippen molar-refractivity contribution in [1.82, 2.24) is 15.1 Å². The number of carbonyl (C=O) groups is 1. The quantitative estimate of drug-likeness (QED) is 0.877. The maximum absolute atomic E-state index is 13.3. The second-order valence-electron chi connectivity index (χ2n) is 7.22. The third kappa shape index (κ3) is 3.97. The van der Waals surface area contributed by atoms with Crippen LogP contribution in [0.2, 0.25) is 0 Å². The lowest BCUT2D eigenvalue weighted by Gasteiger charge is -2.40. The molecule has 3 rings (SSSR count). The average Bonchev–Trinajstić information content (AvgIpc) is 2.57. The van der Waals surface area contributed by atoms with Gasteiger partial charge in [-0.1, -0.05) is 29.8 Å². The highest BCUT2D eigenvalue weighted by atomic mass is 16.3. The van der Waals surface area contributed by atoms with Gasteiger partial charge in [-0.15, -0.1) is 0 Å². The molecule has 2 unspecified atom stereocenters. The van der Waals surface area contributed by atoms with Gasteiger partial charge in [0.15, 0.2) is 0 Å². The van der Waals surface area contributed by atoms with E-state index in [-0.39, 0.29) is 18.1 Å². The zero-order valence-corrected chi connectivity index (χ0v) is 14.7. The first-order valence-electron chi connectivity index (χ1n) is 9.05. The second kappa shape index (κ2) is 7.64. The van der Waals surface area contributed by atoms with E-state index in [9.17, 15) is 9.90 Å². The Labute approximate surface area is 144 Å². The fraction of sp³-hybridized carbons (Fsp3) is 0.632. The molecule has 1 aromatic rings. The summed E-state index contributed by atoms with van der Waals surface area (Å²) >= 11 is 0. The molecule has 0 saturated carbocycles. The van der Waals surface area contributed by atoms with Crippen molar-refractivity contribution in [3.63, 3.8) is 0 Å². The molecule has 132 valence electrons. The van der Waals surface area contributed by atoms with Crippen LogP contribution >= 0.6 is 0 Å². The highest BCUT2D eigenvalue weighted by Crippen LogP contribution is 2.26. The summed E-state index contributed by atoms with van der Waals surface area (Å²) < 4.78 is 0. The number of aryl methyl sites for hydroxylation is 1. The molecule has 0 aromatic heterocycles. The molecule has 2 aliphatic heterocycles. The van der Waals surface area contributed by atoms with Crippen molar-refractivity contribution >= 4 is 5.91 Å². The van der Waals surface area contributed by atoms with Gasteiger partial charge in [0.05, 0.1) is 6.10 Å². The number of carbonyl (C=O) groups excluding carboxylic acids is 1. The number of nitrogens with zero attached hydrogens (tertiary/aromatic N) is 2. The van der Waals surface area contributed by atoms with Crippen LogP contribution in [-0.4, -0.2) is 65.7 Å². The summed E-state index contributed by atoms with van der Waals surface area (Å²) in [7, 11) is 0. The van der Waals surface area contributed by atoms with Crippen molar-refractivity contribution in [2.75, 3.05) is 32.7 Å². The zero-order chi connectivity index (χ0) is 17.1. The number of nitrogens with one attached hydrogen (secondary N) is 1. The Bertz CT molecular complexity index is 552. The molecule has 5 heteroatoms. The molecule has 5 nitrogen and oxygen atoms in total. The van der Waals surface area contributed by atoms with Crippen molar-refractivity contribution in [2.24, 2.45) is 0 Å². The van der Waals surface area contributed by atoms with Gasteiger partial charge in [-0.2, -0.15) is 0 Å². The van der Waals surface area contributed by atoms with Crippen LogP contribution < -0.4 is 5.32 Å². The minimum absolute atomic E-state index is 0.180. The third-order valence-corrected chi connectivity index (χ3v) is 5.17. The minimum atomic E-state index is -0.258. The van der Waals surface area contributed by atoms with Crippen LogP contribution in [0.4, 0.5) is 0 Å². The summed E-state index contributed by atoms with van der Waals surface area (Å²) in [5.41, 5.74) is 2.28. The number of aliphatic hydroxyl groups is 1. The fourth-order valence-corrected chi connectivity index (χ4v) is 3.71. The number of aliphatic hydroxyl groups excluding tert-OH is 1. The Hall–Kier alpha value is -1.43. The lowest BCUT2D eigenvalue weighted by Crippen LogP contribution is -2.54. The number of hydrogen-bond donors (Lipinski definition) is 2. The maximum atomic E-state index is 13.3. The van der Waals surface area contributed by atoms with Crippen LogP contribution in [-0.2, 0) is 4.79 Å². The summed E-state index contributed by atoms with van der Waals surface area (Å²) in [4.78, 5) is 17.5. The first-order valence-corrected chi connectivity index (χ1v) is 9.05. The molecule has 0 bridgehead atoms. The van der Waals surface area contributed by atoms with Gasteiger partial charge in [0, 0.05) is 38.8 Å². The second-order valence-corrected chi connectivity index (χ2v) is 7.22. The summed E-state index contributed by atoms with van der Waals surface area (Å²) in [6.07, 6.45) is 1.11. The van der Waals surface area contributed by atoms with Crippen molar-refractivity contribution in [2.45, 2.75) is 44.9 Å². The van der Waals surface area contributed by atoms with Gasteiger partial charge in [-0.25, -0.2) is 0 Å². The SMILES string of the molecule is Cc1ccc(C(C(=O)N2CCC(O)CC2)N2CCNC(C)C2)cc1. The highest BCUT2D eigenvalue weighted by molar-refractivity contribution is 5.83. The highest BCUT2D eigenvalue weighted by Gasteiger charge is 2.34. The van der Waals surface area contributed by atoms with E-state index in [0.29, 0.717) is 32.0 Å². The Morgan fingerprint density at radius 3 is 2.50 bits per heavy atom. The summed E-state index contributed by atoms with van der Waals surface area (Å²) in [6, 6.07) is 8.52. The standard InChI is InChI=1S/C19H29N3O2/c1-14-3-5-16(6-4-14)18(22-12-9-20-15(2)13-22)19(24)21-10-7-17(23)8-11-21/h3-6,15,17-18,20,23H,7-13H2,1-2H3. The van der Waals surface area contributed by atoms with E-state index in [4.69, 9.17) is 0 Å². The topological polar surface area (TPSA) is 55.8 Å². The summed E-state index contributed by atoms with van der Waals surface area (Å²) in [6.45, 7) is 8.22. The van der Waals surface area contributed by atoms with Gasteiger partial charge in [-0.3, -0.25) is 9.69 Å². The molecule has 24 heavy (non-hydrogen) atoms. The number of benzene rings is 1. The number of hydrogen-bond acceptors (Lipinski definition) is 4. The molecule has 2 saturated heterocycles. The van der Waals surface area contributed by atoms with E-state index in [2.05, 4.69) is 48.3 Å². The molecular weight excluding hydrogens is 302 g/mol. The molecule has 0 radical (unpaired) electrons. The van der Waals surface area contributed by atoms with Gasteiger partial charge < -0.3 is 15.3 Å². The molecule has 1 aromatic carbocycles. The number of likely N-dealkylation sites (tertiary alicyclic amines) is 1. The van der Waals surface area contributed by atoms with Crippen LogP contribution in [0, 0.1) is 6.92 Å². The Balaban J connectivity index is 1.83. The van der Waals surface area contributed by atoms with Crippen LogP contribution in [0.25, 0.3) is 0 Å². The van der Waals surface area contributed by atoms with Crippen molar-refractivity contribution in [3.8, 4) is 0 Å². The van der Waals surface area contributed by atoms with Gasteiger partial charge in [-0.05, 0) is 32.3 Å². The molecule has 2 N–H and O–H groups in total. The van der Waals surface area contributed by atoms with E-state index in [1.165, 1.54) is 5.56 Å². The number of piperazine rings is 1. The molecule has 0 spiro atoms. The van der Waals surface area contributed by atoms with E-state index in [1.54, 1.807) is 0 Å². The van der Waals surface area contributed by atoms with Gasteiger partial charge >= 0.3 is 0 Å². The lowest BCUT2D eigenvalue weighted by molar-refractivity contribution is -0.139. The van der Waals surface area contributed by atoms with Gasteiger partial charge in [0.2, 0.25) is 5.91 Å². The zero-order valence-electron chi connectivity index (χ0n) is 14.7. The van der Waals surface area contributed by atoms with E-state index in [1.807, 2.05) is 4.90 Å². The molecular formula is C19H29N3O2. The van der Waals surface area contributed by atoms with Crippen molar-refractivity contribution in [3.05, 3.63) is 35.4 Å². The van der Waals surface area contributed by atoms with Crippen LogP contribution in [0.3, 0.4) is 0 Å². The van der Waals surface area contributed by atoms with Gasteiger partial charge in [0.25, 0.3) is 0 Å². The Morgan fingerprint density at radius 1 is 1.21 bits per heavy atom. The molecule has 0 aliphatic carbocycles. The summed E-state index contributed by atoms with van der Waals surface area (Å²) in [5.74, 6) is 0.180. The number of rotatable bonds is 3. The number of piperidine rings is 1.